The Bertz CT molecular complexity index is 453. The zero-order valence-electron chi connectivity index (χ0n) is 12.7. The third-order valence-electron chi connectivity index (χ3n) is 5.22. The molecule has 0 radical (unpaired) electrons. The van der Waals surface area contributed by atoms with Gasteiger partial charge in [0.2, 0.25) is 0 Å². The highest BCUT2D eigenvalue weighted by atomic mass is 16.5. The van der Waals surface area contributed by atoms with Gasteiger partial charge in [-0.3, -0.25) is 9.59 Å². The van der Waals surface area contributed by atoms with E-state index in [-0.39, 0.29) is 23.6 Å². The molecule has 0 amide bonds. The summed E-state index contributed by atoms with van der Waals surface area (Å²) in [5, 5.41) is 10.3. The minimum absolute atomic E-state index is 0.0327. The number of aliphatic hydroxyl groups excluding tert-OH is 1. The summed E-state index contributed by atoms with van der Waals surface area (Å²) in [6.45, 7) is 7.08. The number of hydrogen-bond donors (Lipinski definition) is 1. The zero-order valence-corrected chi connectivity index (χ0v) is 12.7. The quantitative estimate of drug-likeness (QED) is 0.622. The van der Waals surface area contributed by atoms with Crippen molar-refractivity contribution in [2.45, 2.75) is 59.2 Å². The van der Waals surface area contributed by atoms with Crippen LogP contribution < -0.4 is 0 Å². The first-order valence-corrected chi connectivity index (χ1v) is 7.34. The maximum absolute atomic E-state index is 12.2. The molecule has 20 heavy (non-hydrogen) atoms. The van der Waals surface area contributed by atoms with E-state index in [4.69, 9.17) is 4.74 Å². The summed E-state index contributed by atoms with van der Waals surface area (Å²) in [4.78, 5) is 23.5. The normalized spacial score (nSPS) is 40.5. The summed E-state index contributed by atoms with van der Waals surface area (Å²) in [6, 6.07) is 0. The predicted molar refractivity (Wildman–Crippen MR) is 74.9 cm³/mol. The van der Waals surface area contributed by atoms with Crippen LogP contribution in [0.25, 0.3) is 0 Å². The minimum Gasteiger partial charge on any atom is -0.461 e. The standard InChI is InChI=1S/C16H24O4/c1-9-5-7-13(19)12-6-8-14(20-11(3)18)15(10(2)17)16(9,12)4/h6,9,13-15,19H,5,7-8H2,1-4H3/t9-,13-,14-,15-,16+/m0/s1. The largest absolute Gasteiger partial charge is 0.461 e. The lowest BCUT2D eigenvalue weighted by Crippen LogP contribution is -2.53. The number of hydrogen-bond acceptors (Lipinski definition) is 4. The highest BCUT2D eigenvalue weighted by Crippen LogP contribution is 2.54. The fraction of sp³-hybridized carbons (Fsp3) is 0.750. The Kier molecular flexibility index (Phi) is 4.05. The molecule has 0 unspecified atom stereocenters. The molecule has 2 rings (SSSR count). The Labute approximate surface area is 120 Å². The maximum atomic E-state index is 12.2. The molecule has 0 aromatic heterocycles. The number of Topliss-reactive ketones (excluding diaryl/α,β-unsaturated/α-hetero) is 1. The van der Waals surface area contributed by atoms with Crippen LogP contribution >= 0.6 is 0 Å². The van der Waals surface area contributed by atoms with Gasteiger partial charge in [-0.1, -0.05) is 19.9 Å². The molecule has 112 valence electrons. The van der Waals surface area contributed by atoms with Crippen LogP contribution in [0.1, 0.15) is 47.0 Å². The first-order valence-electron chi connectivity index (χ1n) is 7.34. The van der Waals surface area contributed by atoms with E-state index in [2.05, 4.69) is 6.92 Å². The summed E-state index contributed by atoms with van der Waals surface area (Å²) in [5.41, 5.74) is 0.543. The Morgan fingerprint density at radius 3 is 2.55 bits per heavy atom. The van der Waals surface area contributed by atoms with Crippen LogP contribution in [0.2, 0.25) is 0 Å². The van der Waals surface area contributed by atoms with Crippen molar-refractivity contribution in [2.24, 2.45) is 17.3 Å². The molecule has 0 spiro atoms. The molecule has 2 aliphatic rings. The number of ketones is 1. The van der Waals surface area contributed by atoms with Gasteiger partial charge in [-0.25, -0.2) is 0 Å². The van der Waals surface area contributed by atoms with Gasteiger partial charge in [0.1, 0.15) is 11.9 Å². The summed E-state index contributed by atoms with van der Waals surface area (Å²) >= 11 is 0. The van der Waals surface area contributed by atoms with Crippen molar-refractivity contribution in [3.05, 3.63) is 11.6 Å². The molecule has 1 fully saturated rings. The SMILES string of the molecule is CC(=O)O[C@H]1CC=C2[C@@H](O)CC[C@H](C)[C@@]2(C)[C@H]1C(C)=O. The molecule has 4 nitrogen and oxygen atoms in total. The maximum Gasteiger partial charge on any atom is 0.302 e. The van der Waals surface area contributed by atoms with Crippen molar-refractivity contribution in [2.75, 3.05) is 0 Å². The van der Waals surface area contributed by atoms with Crippen molar-refractivity contribution in [3.63, 3.8) is 0 Å². The molecular weight excluding hydrogens is 256 g/mol. The molecule has 2 aliphatic carbocycles. The summed E-state index contributed by atoms with van der Waals surface area (Å²) in [7, 11) is 0. The summed E-state index contributed by atoms with van der Waals surface area (Å²) in [6.07, 6.45) is 3.23. The average molecular weight is 280 g/mol. The highest BCUT2D eigenvalue weighted by molar-refractivity contribution is 5.81. The van der Waals surface area contributed by atoms with E-state index in [0.717, 1.165) is 18.4 Å². The molecule has 0 aromatic carbocycles. The van der Waals surface area contributed by atoms with Gasteiger partial charge in [-0.15, -0.1) is 0 Å². The smallest absolute Gasteiger partial charge is 0.302 e. The van der Waals surface area contributed by atoms with Crippen molar-refractivity contribution in [3.8, 4) is 0 Å². The van der Waals surface area contributed by atoms with Crippen molar-refractivity contribution < 1.29 is 19.4 Å². The fourth-order valence-corrected chi connectivity index (χ4v) is 4.13. The van der Waals surface area contributed by atoms with E-state index < -0.39 is 17.6 Å². The lowest BCUT2D eigenvalue weighted by atomic mass is 9.53. The Morgan fingerprint density at radius 2 is 2.00 bits per heavy atom. The third kappa shape index (κ3) is 2.30. The Morgan fingerprint density at radius 1 is 1.35 bits per heavy atom. The van der Waals surface area contributed by atoms with Gasteiger partial charge in [0.05, 0.1) is 12.0 Å². The van der Waals surface area contributed by atoms with Crippen molar-refractivity contribution in [1.29, 1.82) is 0 Å². The van der Waals surface area contributed by atoms with Gasteiger partial charge >= 0.3 is 5.97 Å². The Hall–Kier alpha value is -1.16. The molecule has 0 heterocycles. The first kappa shape index (κ1) is 15.2. The topological polar surface area (TPSA) is 63.6 Å². The monoisotopic (exact) mass is 280 g/mol. The number of carbonyl (C=O) groups is 2. The van der Waals surface area contributed by atoms with Crippen LogP contribution in [-0.2, 0) is 14.3 Å². The fourth-order valence-electron chi connectivity index (χ4n) is 4.13. The van der Waals surface area contributed by atoms with Crippen molar-refractivity contribution in [1.82, 2.24) is 0 Å². The second kappa shape index (κ2) is 5.32. The number of fused-ring (bicyclic) bond motifs is 1. The number of esters is 1. The lowest BCUT2D eigenvalue weighted by molar-refractivity contribution is -0.157. The van der Waals surface area contributed by atoms with E-state index in [9.17, 15) is 14.7 Å². The van der Waals surface area contributed by atoms with Crippen LogP contribution in [0.4, 0.5) is 0 Å². The highest BCUT2D eigenvalue weighted by Gasteiger charge is 2.54. The molecular formula is C16H24O4. The van der Waals surface area contributed by atoms with Crippen LogP contribution in [0.15, 0.2) is 11.6 Å². The van der Waals surface area contributed by atoms with E-state index in [0.29, 0.717) is 6.42 Å². The van der Waals surface area contributed by atoms with Gasteiger partial charge in [0, 0.05) is 18.8 Å². The number of carbonyl (C=O) groups excluding carboxylic acids is 2. The molecule has 0 aliphatic heterocycles. The van der Waals surface area contributed by atoms with E-state index in [1.807, 2.05) is 13.0 Å². The number of rotatable bonds is 2. The predicted octanol–water partition coefficient (Wildman–Crippen LogP) is 2.25. The van der Waals surface area contributed by atoms with Gasteiger partial charge in [0.25, 0.3) is 0 Å². The van der Waals surface area contributed by atoms with Crippen LogP contribution in [0, 0.1) is 17.3 Å². The van der Waals surface area contributed by atoms with E-state index >= 15 is 0 Å². The third-order valence-corrected chi connectivity index (χ3v) is 5.22. The van der Waals surface area contributed by atoms with Gasteiger partial charge in [-0.05, 0) is 31.3 Å². The molecule has 4 heteroatoms. The van der Waals surface area contributed by atoms with Gasteiger partial charge < -0.3 is 9.84 Å². The number of ether oxygens (including phenoxy) is 1. The summed E-state index contributed by atoms with van der Waals surface area (Å²) < 4.78 is 5.38. The lowest BCUT2D eigenvalue weighted by Gasteiger charge is -2.52. The second-order valence-corrected chi connectivity index (χ2v) is 6.41. The summed E-state index contributed by atoms with van der Waals surface area (Å²) in [5.74, 6) is -0.406. The van der Waals surface area contributed by atoms with Gasteiger partial charge in [-0.2, -0.15) is 0 Å². The molecule has 0 bridgehead atoms. The van der Waals surface area contributed by atoms with Crippen molar-refractivity contribution >= 4 is 11.8 Å². The molecule has 1 N–H and O–H groups in total. The molecule has 0 saturated heterocycles. The molecule has 0 aromatic rings. The number of aliphatic hydroxyl groups is 1. The average Bonchev–Trinajstić information content (AvgIpc) is 2.32. The minimum atomic E-state index is -0.476. The molecule has 5 atom stereocenters. The van der Waals surface area contributed by atoms with Crippen LogP contribution in [0.3, 0.4) is 0 Å². The zero-order chi connectivity index (χ0) is 15.1. The Balaban J connectivity index is 2.46. The second-order valence-electron chi connectivity index (χ2n) is 6.41. The van der Waals surface area contributed by atoms with Crippen LogP contribution in [0.5, 0.6) is 0 Å². The van der Waals surface area contributed by atoms with E-state index in [1.54, 1.807) is 6.92 Å². The van der Waals surface area contributed by atoms with Crippen LogP contribution in [-0.4, -0.2) is 29.1 Å². The first-order chi connectivity index (χ1) is 9.28. The molecule has 1 saturated carbocycles. The van der Waals surface area contributed by atoms with Gasteiger partial charge in [0.15, 0.2) is 0 Å². The van der Waals surface area contributed by atoms with E-state index in [1.165, 1.54) is 6.92 Å².